The lowest BCUT2D eigenvalue weighted by Gasteiger charge is -2.10. The van der Waals surface area contributed by atoms with Crippen LogP contribution in [0.2, 0.25) is 0 Å². The van der Waals surface area contributed by atoms with Gasteiger partial charge in [-0.1, -0.05) is 30.3 Å². The van der Waals surface area contributed by atoms with Gasteiger partial charge in [0.1, 0.15) is 13.2 Å². The first-order valence-corrected chi connectivity index (χ1v) is 5.93. The molecule has 0 radical (unpaired) electrons. The van der Waals surface area contributed by atoms with Crippen LogP contribution in [0.4, 0.5) is 0 Å². The van der Waals surface area contributed by atoms with Crippen LogP contribution in [0.3, 0.4) is 0 Å². The lowest BCUT2D eigenvalue weighted by Crippen LogP contribution is -2.43. The summed E-state index contributed by atoms with van der Waals surface area (Å²) in [5, 5.41) is 10.7. The quantitative estimate of drug-likeness (QED) is 0.587. The predicted molar refractivity (Wildman–Crippen MR) is 69.5 cm³/mol. The fourth-order valence-corrected chi connectivity index (χ4v) is 1.36. The molecule has 4 N–H and O–H groups in total. The minimum atomic E-state index is -1.19. The van der Waals surface area contributed by atoms with Gasteiger partial charge in [0.25, 0.3) is 0 Å². The van der Waals surface area contributed by atoms with E-state index in [1.807, 2.05) is 18.2 Å². The molecule has 0 aliphatic heterocycles. The zero-order valence-electron chi connectivity index (χ0n) is 10.7. The molecule has 20 heavy (non-hydrogen) atoms. The van der Waals surface area contributed by atoms with Crippen LogP contribution in [-0.2, 0) is 25.7 Å². The molecule has 7 heteroatoms. The third-order valence-corrected chi connectivity index (χ3v) is 2.38. The van der Waals surface area contributed by atoms with E-state index in [1.54, 1.807) is 12.1 Å². The molecule has 1 rings (SSSR count). The number of amides is 1. The van der Waals surface area contributed by atoms with Gasteiger partial charge in [0.2, 0.25) is 5.91 Å². The minimum Gasteiger partial charge on any atom is -0.481 e. The second kappa shape index (κ2) is 7.90. The van der Waals surface area contributed by atoms with Crippen molar-refractivity contribution in [2.75, 3.05) is 6.54 Å². The lowest BCUT2D eigenvalue weighted by molar-refractivity contribution is -0.145. The monoisotopic (exact) mass is 280 g/mol. The number of hydrogen-bond acceptors (Lipinski definition) is 5. The number of carboxylic acids is 1. The van der Waals surface area contributed by atoms with Crippen molar-refractivity contribution < 1.29 is 24.2 Å². The van der Waals surface area contributed by atoms with Gasteiger partial charge in [0.15, 0.2) is 0 Å². The summed E-state index contributed by atoms with van der Waals surface area (Å²) in [5.74, 6) is -2.51. The van der Waals surface area contributed by atoms with Gasteiger partial charge < -0.3 is 20.9 Å². The Morgan fingerprint density at radius 2 is 1.90 bits per heavy atom. The maximum absolute atomic E-state index is 11.4. The predicted octanol–water partition coefficient (Wildman–Crippen LogP) is -0.352. The molecule has 1 amide bonds. The summed E-state index contributed by atoms with van der Waals surface area (Å²) < 4.78 is 4.93. The van der Waals surface area contributed by atoms with E-state index < -0.39 is 30.3 Å². The van der Waals surface area contributed by atoms with E-state index in [2.05, 4.69) is 5.32 Å². The molecule has 0 fully saturated rings. The van der Waals surface area contributed by atoms with Crippen molar-refractivity contribution in [3.8, 4) is 0 Å². The first-order chi connectivity index (χ1) is 9.49. The van der Waals surface area contributed by atoms with Crippen LogP contribution in [0.5, 0.6) is 0 Å². The van der Waals surface area contributed by atoms with E-state index in [1.165, 1.54) is 0 Å². The second-order valence-corrected chi connectivity index (χ2v) is 4.07. The smallest absolute Gasteiger partial charge is 0.325 e. The molecule has 0 saturated carbocycles. The summed E-state index contributed by atoms with van der Waals surface area (Å²) in [6.07, 6.45) is -0.495. The highest BCUT2D eigenvalue weighted by atomic mass is 16.5. The Morgan fingerprint density at radius 1 is 1.25 bits per heavy atom. The number of benzene rings is 1. The fraction of sp³-hybridized carbons (Fsp3) is 0.308. The highest BCUT2D eigenvalue weighted by Crippen LogP contribution is 2.00. The number of esters is 1. The maximum Gasteiger partial charge on any atom is 0.325 e. The van der Waals surface area contributed by atoms with Gasteiger partial charge in [-0.05, 0) is 5.56 Å². The van der Waals surface area contributed by atoms with Crippen LogP contribution in [0.15, 0.2) is 30.3 Å². The van der Waals surface area contributed by atoms with Crippen LogP contribution in [0.1, 0.15) is 12.0 Å². The molecular weight excluding hydrogens is 264 g/mol. The lowest BCUT2D eigenvalue weighted by atomic mass is 10.2. The van der Waals surface area contributed by atoms with Crippen molar-refractivity contribution >= 4 is 17.8 Å². The van der Waals surface area contributed by atoms with Gasteiger partial charge in [-0.3, -0.25) is 14.4 Å². The SMILES string of the molecule is N[C@@H](CC(=O)O)C(=O)NCC(=O)OCc1ccccc1. The highest BCUT2D eigenvalue weighted by Gasteiger charge is 2.17. The molecule has 0 unspecified atom stereocenters. The third-order valence-electron chi connectivity index (χ3n) is 2.38. The first-order valence-electron chi connectivity index (χ1n) is 5.93. The molecule has 0 saturated heterocycles. The first kappa shape index (κ1) is 15.6. The van der Waals surface area contributed by atoms with Crippen molar-refractivity contribution in [3.05, 3.63) is 35.9 Å². The summed E-state index contributed by atoms with van der Waals surface area (Å²) in [4.78, 5) is 33.1. The van der Waals surface area contributed by atoms with Gasteiger partial charge in [0.05, 0.1) is 12.5 Å². The van der Waals surface area contributed by atoms with Crippen molar-refractivity contribution in [2.24, 2.45) is 5.73 Å². The molecular formula is C13H16N2O5. The van der Waals surface area contributed by atoms with Gasteiger partial charge in [0, 0.05) is 0 Å². The van der Waals surface area contributed by atoms with Crippen LogP contribution < -0.4 is 11.1 Å². The molecule has 0 bridgehead atoms. The average molecular weight is 280 g/mol. The van der Waals surface area contributed by atoms with E-state index in [0.717, 1.165) is 5.56 Å². The van der Waals surface area contributed by atoms with Crippen molar-refractivity contribution in [1.82, 2.24) is 5.32 Å². The average Bonchev–Trinajstić information content (AvgIpc) is 2.42. The zero-order valence-corrected chi connectivity index (χ0v) is 10.7. The number of carbonyl (C=O) groups is 3. The molecule has 0 aliphatic carbocycles. The van der Waals surface area contributed by atoms with Gasteiger partial charge in [-0.15, -0.1) is 0 Å². The number of rotatable bonds is 7. The molecule has 108 valence electrons. The van der Waals surface area contributed by atoms with Crippen LogP contribution in [0, 0.1) is 0 Å². The van der Waals surface area contributed by atoms with Crippen LogP contribution >= 0.6 is 0 Å². The Morgan fingerprint density at radius 3 is 2.50 bits per heavy atom. The molecule has 0 aromatic heterocycles. The third kappa shape index (κ3) is 5.96. The Bertz CT molecular complexity index is 475. The summed E-state index contributed by atoms with van der Waals surface area (Å²) in [7, 11) is 0. The number of nitrogens with two attached hydrogens (primary N) is 1. The number of ether oxygens (including phenoxy) is 1. The topological polar surface area (TPSA) is 119 Å². The minimum absolute atomic E-state index is 0.108. The van der Waals surface area contributed by atoms with Gasteiger partial charge in [-0.2, -0.15) is 0 Å². The number of carboxylic acid groups (broad SMARTS) is 1. The molecule has 0 heterocycles. The van der Waals surface area contributed by atoms with E-state index in [0.29, 0.717) is 0 Å². The van der Waals surface area contributed by atoms with E-state index in [-0.39, 0.29) is 13.2 Å². The molecule has 0 spiro atoms. The summed E-state index contributed by atoms with van der Waals surface area (Å²) in [6, 6.07) is 7.89. The maximum atomic E-state index is 11.4. The number of aliphatic carboxylic acids is 1. The van der Waals surface area contributed by atoms with Crippen LogP contribution in [0.25, 0.3) is 0 Å². The Hall–Kier alpha value is -2.41. The standard InChI is InChI=1S/C13H16N2O5/c14-10(6-11(16)17)13(19)15-7-12(18)20-8-9-4-2-1-3-5-9/h1-5,10H,6-8,14H2,(H,15,19)(H,16,17)/t10-/m0/s1. The van der Waals surface area contributed by atoms with Crippen molar-refractivity contribution in [3.63, 3.8) is 0 Å². The largest absolute Gasteiger partial charge is 0.481 e. The van der Waals surface area contributed by atoms with Crippen molar-refractivity contribution in [2.45, 2.75) is 19.1 Å². The molecule has 0 aliphatic rings. The van der Waals surface area contributed by atoms with E-state index >= 15 is 0 Å². The molecule has 1 aromatic carbocycles. The molecule has 1 atom stereocenters. The Kier molecular flexibility index (Phi) is 6.18. The summed E-state index contributed by atoms with van der Waals surface area (Å²) in [5.41, 5.74) is 6.15. The number of carbonyl (C=O) groups excluding carboxylic acids is 2. The fourth-order valence-electron chi connectivity index (χ4n) is 1.36. The Balaban J connectivity index is 2.26. The number of hydrogen-bond donors (Lipinski definition) is 3. The summed E-state index contributed by atoms with van der Waals surface area (Å²) in [6.45, 7) is -0.240. The molecule has 7 nitrogen and oxygen atoms in total. The zero-order chi connectivity index (χ0) is 15.0. The highest BCUT2D eigenvalue weighted by molar-refractivity contribution is 5.88. The van der Waals surface area contributed by atoms with Gasteiger partial charge >= 0.3 is 11.9 Å². The van der Waals surface area contributed by atoms with Crippen molar-refractivity contribution in [1.29, 1.82) is 0 Å². The van der Waals surface area contributed by atoms with Crippen LogP contribution in [-0.4, -0.2) is 35.5 Å². The molecule has 1 aromatic rings. The van der Waals surface area contributed by atoms with Gasteiger partial charge in [-0.25, -0.2) is 0 Å². The summed E-state index contributed by atoms with van der Waals surface area (Å²) >= 11 is 0. The van der Waals surface area contributed by atoms with E-state index in [9.17, 15) is 14.4 Å². The second-order valence-electron chi connectivity index (χ2n) is 4.07. The normalized spacial score (nSPS) is 11.4. The Labute approximate surface area is 115 Å². The van der Waals surface area contributed by atoms with E-state index in [4.69, 9.17) is 15.6 Å². The number of nitrogens with one attached hydrogen (secondary N) is 1.